The van der Waals surface area contributed by atoms with Crippen molar-refractivity contribution in [1.82, 2.24) is 4.90 Å². The molecule has 4 nitrogen and oxygen atoms in total. The monoisotopic (exact) mass is 395 g/mol. The molecule has 2 aromatic carbocycles. The van der Waals surface area contributed by atoms with Crippen molar-refractivity contribution >= 4 is 5.97 Å². The lowest BCUT2D eigenvalue weighted by atomic mass is 9.86. The fourth-order valence-electron chi connectivity index (χ4n) is 3.82. The Bertz CT molecular complexity index is 790. The second-order valence-corrected chi connectivity index (χ2v) is 9.02. The number of benzene rings is 2. The zero-order chi connectivity index (χ0) is 20.9. The quantitative estimate of drug-likeness (QED) is 0.641. The number of carbonyl (C=O) groups excluding carboxylic acids is 1. The van der Waals surface area contributed by atoms with E-state index in [1.54, 1.807) is 12.1 Å². The summed E-state index contributed by atoms with van der Waals surface area (Å²) in [7, 11) is 1.39. The van der Waals surface area contributed by atoms with E-state index in [0.29, 0.717) is 18.1 Å². The number of ether oxygens (including phenoxy) is 2. The van der Waals surface area contributed by atoms with Gasteiger partial charge in [-0.05, 0) is 60.2 Å². The molecular weight excluding hydrogens is 362 g/mol. The van der Waals surface area contributed by atoms with E-state index < -0.39 is 0 Å². The molecule has 1 aliphatic heterocycles. The molecule has 0 saturated carbocycles. The lowest BCUT2D eigenvalue weighted by molar-refractivity contribution is 0.0600. The highest BCUT2D eigenvalue weighted by molar-refractivity contribution is 5.89. The van der Waals surface area contributed by atoms with Crippen molar-refractivity contribution in [2.24, 2.45) is 5.92 Å². The molecule has 2 aromatic rings. The Morgan fingerprint density at radius 1 is 1.07 bits per heavy atom. The van der Waals surface area contributed by atoms with Crippen LogP contribution < -0.4 is 4.74 Å². The zero-order valence-corrected chi connectivity index (χ0v) is 18.1. The van der Waals surface area contributed by atoms with Gasteiger partial charge in [0.2, 0.25) is 0 Å². The van der Waals surface area contributed by atoms with Gasteiger partial charge < -0.3 is 9.47 Å². The first kappa shape index (κ1) is 21.4. The minimum atomic E-state index is -0.324. The molecule has 1 atom stereocenters. The summed E-state index contributed by atoms with van der Waals surface area (Å²) in [5.41, 5.74) is 3.49. The normalized spacial score (nSPS) is 17.7. The van der Waals surface area contributed by atoms with Crippen LogP contribution in [0.4, 0.5) is 0 Å². The van der Waals surface area contributed by atoms with Crippen LogP contribution in [0.5, 0.6) is 5.75 Å². The highest BCUT2D eigenvalue weighted by atomic mass is 16.5. The van der Waals surface area contributed by atoms with Crippen molar-refractivity contribution in [2.75, 3.05) is 26.8 Å². The van der Waals surface area contributed by atoms with Crippen molar-refractivity contribution < 1.29 is 14.3 Å². The molecule has 0 aromatic heterocycles. The molecule has 0 bridgehead atoms. The lowest BCUT2D eigenvalue weighted by Crippen LogP contribution is -2.37. The second kappa shape index (κ2) is 9.45. The Kier molecular flexibility index (Phi) is 6.96. The maximum Gasteiger partial charge on any atom is 0.337 e. The van der Waals surface area contributed by atoms with Gasteiger partial charge in [0, 0.05) is 19.0 Å². The van der Waals surface area contributed by atoms with Gasteiger partial charge >= 0.3 is 5.97 Å². The Hall–Kier alpha value is -2.33. The van der Waals surface area contributed by atoms with Gasteiger partial charge in [0.25, 0.3) is 0 Å². The summed E-state index contributed by atoms with van der Waals surface area (Å²) in [4.78, 5) is 14.0. The molecule has 1 unspecified atom stereocenters. The Labute approximate surface area is 174 Å². The van der Waals surface area contributed by atoms with E-state index in [4.69, 9.17) is 9.47 Å². The molecule has 1 saturated heterocycles. The van der Waals surface area contributed by atoms with Gasteiger partial charge in [-0.1, -0.05) is 45.0 Å². The summed E-state index contributed by atoms with van der Waals surface area (Å²) in [6, 6.07) is 16.2. The minimum Gasteiger partial charge on any atom is -0.493 e. The summed E-state index contributed by atoms with van der Waals surface area (Å²) in [5.74, 6) is 1.00. The topological polar surface area (TPSA) is 38.8 Å². The van der Waals surface area contributed by atoms with Crippen LogP contribution in [0.2, 0.25) is 0 Å². The van der Waals surface area contributed by atoms with Gasteiger partial charge in [-0.3, -0.25) is 4.90 Å². The van der Waals surface area contributed by atoms with Gasteiger partial charge in [-0.2, -0.15) is 0 Å². The summed E-state index contributed by atoms with van der Waals surface area (Å²) in [6.45, 7) is 10.7. The summed E-state index contributed by atoms with van der Waals surface area (Å²) in [6.07, 6.45) is 2.40. The number of methoxy groups -OCH3 is 1. The predicted molar refractivity (Wildman–Crippen MR) is 116 cm³/mol. The number of nitrogens with zero attached hydrogens (tertiary/aromatic N) is 1. The van der Waals surface area contributed by atoms with Crippen LogP contribution >= 0.6 is 0 Å². The van der Waals surface area contributed by atoms with Crippen LogP contribution in [0.25, 0.3) is 0 Å². The number of piperidine rings is 1. The Balaban J connectivity index is 1.49. The van der Waals surface area contributed by atoms with Crippen LogP contribution in [0.1, 0.15) is 55.1 Å². The number of esters is 1. The maximum absolute atomic E-state index is 11.5. The molecule has 0 N–H and O–H groups in total. The summed E-state index contributed by atoms with van der Waals surface area (Å²) < 4.78 is 10.7. The average Bonchev–Trinajstić information content (AvgIpc) is 2.72. The number of carbonyl (C=O) groups is 1. The summed E-state index contributed by atoms with van der Waals surface area (Å²) in [5, 5.41) is 0. The maximum atomic E-state index is 11.5. The number of hydrogen-bond donors (Lipinski definition) is 0. The Morgan fingerprint density at radius 3 is 2.38 bits per heavy atom. The fourth-order valence-corrected chi connectivity index (χ4v) is 3.82. The highest BCUT2D eigenvalue weighted by Gasteiger charge is 2.21. The third-order valence-corrected chi connectivity index (χ3v) is 5.59. The van der Waals surface area contributed by atoms with E-state index in [9.17, 15) is 4.79 Å². The standard InChI is InChI=1S/C25H33NO3/c1-25(2,3)22-11-7-19(8-12-22)16-26-15-5-6-20(17-26)18-29-23-13-9-21(10-14-23)24(27)28-4/h7-14,20H,5-6,15-18H2,1-4H3. The molecule has 3 rings (SSSR count). The molecule has 29 heavy (non-hydrogen) atoms. The number of likely N-dealkylation sites (tertiary alicyclic amines) is 1. The molecule has 4 heteroatoms. The highest BCUT2D eigenvalue weighted by Crippen LogP contribution is 2.24. The molecular formula is C25H33NO3. The third-order valence-electron chi connectivity index (χ3n) is 5.59. The number of rotatable bonds is 6. The summed E-state index contributed by atoms with van der Waals surface area (Å²) >= 11 is 0. The van der Waals surface area contributed by atoms with Crippen LogP contribution in [0, 0.1) is 5.92 Å². The SMILES string of the molecule is COC(=O)c1ccc(OCC2CCCN(Cc3ccc(C(C)(C)C)cc3)C2)cc1. The van der Waals surface area contributed by atoms with Crippen molar-refractivity contribution in [3.63, 3.8) is 0 Å². The molecule has 0 spiro atoms. The van der Waals surface area contributed by atoms with E-state index in [-0.39, 0.29) is 11.4 Å². The average molecular weight is 396 g/mol. The van der Waals surface area contributed by atoms with E-state index in [2.05, 4.69) is 49.9 Å². The minimum absolute atomic E-state index is 0.196. The van der Waals surface area contributed by atoms with E-state index in [0.717, 1.165) is 25.4 Å². The van der Waals surface area contributed by atoms with Crippen LogP contribution in [0.15, 0.2) is 48.5 Å². The van der Waals surface area contributed by atoms with Gasteiger partial charge in [0.15, 0.2) is 0 Å². The first-order chi connectivity index (χ1) is 13.8. The first-order valence-electron chi connectivity index (χ1n) is 10.5. The predicted octanol–water partition coefficient (Wildman–Crippen LogP) is 5.06. The molecule has 1 fully saturated rings. The van der Waals surface area contributed by atoms with E-state index in [1.165, 1.54) is 31.1 Å². The third kappa shape index (κ3) is 6.07. The van der Waals surface area contributed by atoms with Crippen LogP contribution in [-0.2, 0) is 16.7 Å². The van der Waals surface area contributed by atoms with Crippen molar-refractivity contribution in [2.45, 2.75) is 45.6 Å². The van der Waals surface area contributed by atoms with E-state index >= 15 is 0 Å². The smallest absolute Gasteiger partial charge is 0.337 e. The Morgan fingerprint density at radius 2 is 1.76 bits per heavy atom. The lowest BCUT2D eigenvalue weighted by Gasteiger charge is -2.32. The van der Waals surface area contributed by atoms with Gasteiger partial charge in [0.05, 0.1) is 19.3 Å². The van der Waals surface area contributed by atoms with Gasteiger partial charge in [-0.25, -0.2) is 4.79 Å². The molecule has 0 amide bonds. The van der Waals surface area contributed by atoms with Gasteiger partial charge in [-0.15, -0.1) is 0 Å². The number of hydrogen-bond acceptors (Lipinski definition) is 4. The van der Waals surface area contributed by atoms with Crippen molar-refractivity contribution in [3.05, 3.63) is 65.2 Å². The second-order valence-electron chi connectivity index (χ2n) is 9.02. The van der Waals surface area contributed by atoms with Crippen molar-refractivity contribution in [3.8, 4) is 5.75 Å². The first-order valence-corrected chi connectivity index (χ1v) is 10.5. The van der Waals surface area contributed by atoms with Crippen LogP contribution in [0.3, 0.4) is 0 Å². The molecule has 1 aliphatic rings. The fraction of sp³-hybridized carbons (Fsp3) is 0.480. The van der Waals surface area contributed by atoms with Gasteiger partial charge in [0.1, 0.15) is 5.75 Å². The molecule has 0 radical (unpaired) electrons. The van der Waals surface area contributed by atoms with E-state index in [1.807, 2.05) is 12.1 Å². The molecule has 156 valence electrons. The van der Waals surface area contributed by atoms with Crippen molar-refractivity contribution in [1.29, 1.82) is 0 Å². The molecule has 1 heterocycles. The zero-order valence-electron chi connectivity index (χ0n) is 18.1. The van der Waals surface area contributed by atoms with Crippen LogP contribution in [-0.4, -0.2) is 37.7 Å². The largest absolute Gasteiger partial charge is 0.493 e. The molecule has 0 aliphatic carbocycles.